The molecule has 0 saturated carbocycles. The Morgan fingerprint density at radius 1 is 0.833 bits per heavy atom. The Labute approximate surface area is 136 Å². The summed E-state index contributed by atoms with van der Waals surface area (Å²) in [6, 6.07) is 0. The van der Waals surface area contributed by atoms with Crippen molar-refractivity contribution in [2.24, 2.45) is 11.5 Å². The lowest BCUT2D eigenvalue weighted by Gasteiger charge is -2.19. The molecule has 0 amide bonds. The molecule has 118 valence electrons. The van der Waals surface area contributed by atoms with Crippen molar-refractivity contribution in [3.63, 3.8) is 0 Å². The van der Waals surface area contributed by atoms with Gasteiger partial charge in [0.2, 0.25) is 0 Å². The first-order valence-corrected chi connectivity index (χ1v) is 5.72. The highest BCUT2D eigenvalue weighted by molar-refractivity contribution is 5.86. The molecule has 4 nitrogen and oxygen atoms in total. The van der Waals surface area contributed by atoms with Gasteiger partial charge in [-0.1, -0.05) is 13.3 Å². The molecule has 0 fully saturated rings. The topological polar surface area (TPSA) is 76.1 Å². The van der Waals surface area contributed by atoms with Crippen LogP contribution >= 0.6 is 49.6 Å². The Bertz CT molecular complexity index is 112. The van der Waals surface area contributed by atoms with E-state index in [1.807, 2.05) is 0 Å². The summed E-state index contributed by atoms with van der Waals surface area (Å²) >= 11 is 0. The quantitative estimate of drug-likeness (QED) is 0.358. The van der Waals surface area contributed by atoms with Gasteiger partial charge in [0.1, 0.15) is 0 Å². The number of hydrogen-bond donors (Lipinski definition) is 4. The molecule has 0 aliphatic heterocycles. The van der Waals surface area contributed by atoms with Gasteiger partial charge in [0.15, 0.2) is 0 Å². The lowest BCUT2D eigenvalue weighted by molar-refractivity contribution is 0.395. The first-order chi connectivity index (χ1) is 6.85. The third-order valence-electron chi connectivity index (χ3n) is 2.12. The van der Waals surface area contributed by atoms with Crippen molar-refractivity contribution < 1.29 is 0 Å². The minimum atomic E-state index is 0. The lowest BCUT2D eigenvalue weighted by atomic mass is 10.2. The van der Waals surface area contributed by atoms with Crippen LogP contribution in [0.2, 0.25) is 0 Å². The molecule has 0 rings (SSSR count). The van der Waals surface area contributed by atoms with Crippen molar-refractivity contribution in [1.29, 1.82) is 0 Å². The number of halogens is 4. The van der Waals surface area contributed by atoms with E-state index in [1.54, 1.807) is 0 Å². The fourth-order valence-corrected chi connectivity index (χ4v) is 1.32. The molecule has 8 heteroatoms. The van der Waals surface area contributed by atoms with Gasteiger partial charge in [0.05, 0.1) is 6.17 Å². The fourth-order valence-electron chi connectivity index (χ4n) is 1.32. The second-order valence-corrected chi connectivity index (χ2v) is 3.53. The molecule has 0 atom stereocenters. The van der Waals surface area contributed by atoms with Crippen LogP contribution in [0, 0.1) is 0 Å². The molecule has 0 unspecified atom stereocenters. The number of nitrogens with two attached hydrogens (primary N) is 2. The summed E-state index contributed by atoms with van der Waals surface area (Å²) in [6.45, 7) is 5.71. The fraction of sp³-hybridized carbons (Fsp3) is 1.00. The molecule has 0 spiro atoms. The Morgan fingerprint density at radius 2 is 1.22 bits per heavy atom. The monoisotopic (exact) mass is 346 g/mol. The van der Waals surface area contributed by atoms with E-state index in [4.69, 9.17) is 11.5 Å². The van der Waals surface area contributed by atoms with Crippen LogP contribution < -0.4 is 22.1 Å². The van der Waals surface area contributed by atoms with E-state index < -0.39 is 0 Å². The van der Waals surface area contributed by atoms with Crippen LogP contribution in [0.25, 0.3) is 0 Å². The van der Waals surface area contributed by atoms with Crippen molar-refractivity contribution in [3.8, 4) is 0 Å². The van der Waals surface area contributed by atoms with Gasteiger partial charge in [-0.25, -0.2) is 0 Å². The van der Waals surface area contributed by atoms with E-state index in [0.29, 0.717) is 6.17 Å². The zero-order chi connectivity index (χ0) is 10.6. The average Bonchev–Trinajstić information content (AvgIpc) is 2.18. The summed E-state index contributed by atoms with van der Waals surface area (Å²) in [5, 5.41) is 6.90. The third-order valence-corrected chi connectivity index (χ3v) is 2.12. The Hall–Kier alpha value is 1.00. The molecule has 6 N–H and O–H groups in total. The lowest BCUT2D eigenvalue weighted by Crippen LogP contribution is -2.43. The first kappa shape index (κ1) is 31.4. The van der Waals surface area contributed by atoms with Gasteiger partial charge in [0, 0.05) is 0 Å². The zero-order valence-corrected chi connectivity index (χ0v) is 14.3. The minimum absolute atomic E-state index is 0. The highest BCUT2D eigenvalue weighted by Crippen LogP contribution is 1.93. The summed E-state index contributed by atoms with van der Waals surface area (Å²) in [7, 11) is 0. The second kappa shape index (κ2) is 26.5. The third kappa shape index (κ3) is 22.2. The predicted molar refractivity (Wildman–Crippen MR) is 91.0 cm³/mol. The second-order valence-electron chi connectivity index (χ2n) is 3.53. The van der Waals surface area contributed by atoms with Gasteiger partial charge >= 0.3 is 0 Å². The van der Waals surface area contributed by atoms with Gasteiger partial charge in [-0.15, -0.1) is 49.6 Å². The molecule has 0 aliphatic rings. The maximum absolute atomic E-state index is 5.43. The first-order valence-electron chi connectivity index (χ1n) is 5.72. The van der Waals surface area contributed by atoms with Crippen molar-refractivity contribution in [1.82, 2.24) is 10.6 Å². The normalized spacial score (nSPS) is 8.67. The molecule has 0 heterocycles. The molecular weight excluding hydrogens is 318 g/mol. The maximum atomic E-state index is 5.43. The van der Waals surface area contributed by atoms with Crippen LogP contribution in [0.1, 0.15) is 32.6 Å². The molecule has 0 aliphatic carbocycles. The van der Waals surface area contributed by atoms with Crippen LogP contribution in [0.15, 0.2) is 0 Å². The summed E-state index contributed by atoms with van der Waals surface area (Å²) in [5.74, 6) is 0. The molecule has 0 aromatic rings. The Balaban J connectivity index is -0.000000141. The van der Waals surface area contributed by atoms with Crippen LogP contribution in [0.4, 0.5) is 0 Å². The van der Waals surface area contributed by atoms with Crippen LogP contribution in [0.3, 0.4) is 0 Å². The van der Waals surface area contributed by atoms with Crippen LogP contribution in [-0.4, -0.2) is 32.3 Å². The van der Waals surface area contributed by atoms with Crippen molar-refractivity contribution in [2.75, 3.05) is 26.2 Å². The SMILES string of the molecule is CCCC(NCCCN)NCCCN.Cl.Cl.Cl.Cl. The highest BCUT2D eigenvalue weighted by atomic mass is 35.5. The van der Waals surface area contributed by atoms with E-state index in [1.165, 1.54) is 6.42 Å². The minimum Gasteiger partial charge on any atom is -0.330 e. The van der Waals surface area contributed by atoms with E-state index in [2.05, 4.69) is 17.6 Å². The standard InChI is InChI=1S/C10H26N4.4ClH/c1-2-5-10(13-8-3-6-11)14-9-4-7-12;;;;/h10,13-14H,2-9,11-12H2,1H3;4*1H. The smallest absolute Gasteiger partial charge is 0.0571 e. The van der Waals surface area contributed by atoms with Crippen LogP contribution in [0.5, 0.6) is 0 Å². The average molecular weight is 348 g/mol. The van der Waals surface area contributed by atoms with E-state index >= 15 is 0 Å². The molecule has 0 radical (unpaired) electrons. The van der Waals surface area contributed by atoms with Crippen molar-refractivity contribution >= 4 is 49.6 Å². The summed E-state index contributed by atoms with van der Waals surface area (Å²) in [6.07, 6.45) is 4.86. The number of hydrogen-bond acceptors (Lipinski definition) is 4. The summed E-state index contributed by atoms with van der Waals surface area (Å²) in [5.41, 5.74) is 10.9. The van der Waals surface area contributed by atoms with Gasteiger partial charge in [-0.05, 0) is 45.4 Å². The van der Waals surface area contributed by atoms with Gasteiger partial charge in [-0.2, -0.15) is 0 Å². The predicted octanol–water partition coefficient (Wildman–Crippen LogP) is 1.68. The van der Waals surface area contributed by atoms with Crippen molar-refractivity contribution in [2.45, 2.75) is 38.8 Å². The number of rotatable bonds is 10. The zero-order valence-electron chi connectivity index (χ0n) is 11.0. The molecule has 18 heavy (non-hydrogen) atoms. The van der Waals surface area contributed by atoms with Gasteiger partial charge in [-0.3, -0.25) is 0 Å². The van der Waals surface area contributed by atoms with Crippen molar-refractivity contribution in [3.05, 3.63) is 0 Å². The molecule has 0 aromatic carbocycles. The van der Waals surface area contributed by atoms with Gasteiger partial charge < -0.3 is 22.1 Å². The molecule has 0 bridgehead atoms. The largest absolute Gasteiger partial charge is 0.330 e. The summed E-state index contributed by atoms with van der Waals surface area (Å²) < 4.78 is 0. The van der Waals surface area contributed by atoms with Crippen LogP contribution in [-0.2, 0) is 0 Å². The molecule has 0 saturated heterocycles. The van der Waals surface area contributed by atoms with E-state index in [-0.39, 0.29) is 49.6 Å². The maximum Gasteiger partial charge on any atom is 0.0571 e. The van der Waals surface area contributed by atoms with Gasteiger partial charge in [0.25, 0.3) is 0 Å². The number of nitrogens with one attached hydrogen (secondary N) is 2. The van der Waals surface area contributed by atoms with E-state index in [9.17, 15) is 0 Å². The van der Waals surface area contributed by atoms with E-state index in [0.717, 1.165) is 45.4 Å². The molecule has 0 aromatic heterocycles. The Morgan fingerprint density at radius 3 is 1.50 bits per heavy atom. The Kier molecular flexibility index (Phi) is 46.3. The highest BCUT2D eigenvalue weighted by Gasteiger charge is 2.03. The molecular formula is C10H30Cl4N4. The summed E-state index contributed by atoms with van der Waals surface area (Å²) in [4.78, 5) is 0.